The molecule has 1 saturated heterocycles. The van der Waals surface area contributed by atoms with Crippen LogP contribution in [-0.4, -0.2) is 49.7 Å². The summed E-state index contributed by atoms with van der Waals surface area (Å²) < 4.78 is 27.1. The van der Waals surface area contributed by atoms with Gasteiger partial charge in [-0.3, -0.25) is 4.79 Å². The van der Waals surface area contributed by atoms with Crippen LogP contribution in [0.5, 0.6) is 0 Å². The fourth-order valence-electron chi connectivity index (χ4n) is 3.77. The molecular formula is C18H28N2O3S2. The van der Waals surface area contributed by atoms with Crippen molar-refractivity contribution in [2.45, 2.75) is 68.0 Å². The lowest BCUT2D eigenvalue weighted by Gasteiger charge is -2.27. The molecule has 0 radical (unpaired) electrons. The molecule has 0 aromatic carbocycles. The highest BCUT2D eigenvalue weighted by atomic mass is 32.2. The molecule has 2 aliphatic rings. The van der Waals surface area contributed by atoms with Crippen LogP contribution in [0.15, 0.2) is 16.3 Å². The first kappa shape index (κ1) is 18.9. The standard InChI is InChI=1S/C18H28N2O3S2/c1-19(15-8-4-2-3-5-9-15)17(21)14-16-10-11-18(24-16)25(22,23)20-12-6-7-13-20/h10-11,15H,2-9,12-14H2,1H3. The number of nitrogens with zero attached hydrogens (tertiary/aromatic N) is 2. The van der Waals surface area contributed by atoms with E-state index in [0.717, 1.165) is 30.6 Å². The van der Waals surface area contributed by atoms with Crippen molar-refractivity contribution in [1.82, 2.24) is 9.21 Å². The molecule has 1 aliphatic heterocycles. The highest BCUT2D eigenvalue weighted by molar-refractivity contribution is 7.91. The van der Waals surface area contributed by atoms with Crippen molar-refractivity contribution in [3.8, 4) is 0 Å². The zero-order chi connectivity index (χ0) is 17.9. The van der Waals surface area contributed by atoms with Crippen molar-refractivity contribution in [1.29, 1.82) is 0 Å². The van der Waals surface area contributed by atoms with E-state index in [4.69, 9.17) is 0 Å². The van der Waals surface area contributed by atoms with Crippen LogP contribution in [0.1, 0.15) is 56.2 Å². The summed E-state index contributed by atoms with van der Waals surface area (Å²) in [7, 11) is -1.48. The molecule has 1 aromatic heterocycles. The predicted molar refractivity (Wildman–Crippen MR) is 100 cm³/mol. The summed E-state index contributed by atoms with van der Waals surface area (Å²) in [6.45, 7) is 1.22. The van der Waals surface area contributed by atoms with E-state index in [1.54, 1.807) is 16.4 Å². The van der Waals surface area contributed by atoms with Crippen molar-refractivity contribution in [2.24, 2.45) is 0 Å². The Bertz CT molecular complexity index is 685. The number of rotatable bonds is 5. The third-order valence-electron chi connectivity index (χ3n) is 5.39. The van der Waals surface area contributed by atoms with Crippen LogP contribution in [0.4, 0.5) is 0 Å². The van der Waals surface area contributed by atoms with Gasteiger partial charge in [0.05, 0.1) is 6.42 Å². The van der Waals surface area contributed by atoms with Crippen molar-refractivity contribution >= 4 is 27.3 Å². The Morgan fingerprint density at radius 2 is 1.76 bits per heavy atom. The number of thiophene rings is 1. The van der Waals surface area contributed by atoms with Gasteiger partial charge in [-0.05, 0) is 37.8 Å². The highest BCUT2D eigenvalue weighted by Gasteiger charge is 2.29. The number of carbonyl (C=O) groups excluding carboxylic acids is 1. The molecular weight excluding hydrogens is 356 g/mol. The topological polar surface area (TPSA) is 57.7 Å². The molecule has 0 N–H and O–H groups in total. The third-order valence-corrected chi connectivity index (χ3v) is 8.84. The van der Waals surface area contributed by atoms with Gasteiger partial charge in [-0.2, -0.15) is 4.31 Å². The van der Waals surface area contributed by atoms with Crippen molar-refractivity contribution < 1.29 is 13.2 Å². The van der Waals surface area contributed by atoms with E-state index >= 15 is 0 Å². The number of hydrogen-bond donors (Lipinski definition) is 0. The first-order valence-electron chi connectivity index (χ1n) is 9.33. The first-order valence-corrected chi connectivity index (χ1v) is 11.6. The largest absolute Gasteiger partial charge is 0.342 e. The predicted octanol–water partition coefficient (Wildman–Crippen LogP) is 3.26. The lowest BCUT2D eigenvalue weighted by molar-refractivity contribution is -0.131. The molecule has 1 aromatic rings. The van der Waals surface area contributed by atoms with Gasteiger partial charge in [-0.25, -0.2) is 8.42 Å². The maximum absolute atomic E-state index is 12.6. The molecule has 0 atom stereocenters. The van der Waals surface area contributed by atoms with Gasteiger partial charge in [0.25, 0.3) is 10.0 Å². The Balaban J connectivity index is 1.63. The maximum atomic E-state index is 12.6. The minimum absolute atomic E-state index is 0.0962. The summed E-state index contributed by atoms with van der Waals surface area (Å²) in [4.78, 5) is 15.3. The average Bonchev–Trinajstić information content (AvgIpc) is 3.22. The fourth-order valence-corrected chi connectivity index (χ4v) is 6.79. The van der Waals surface area contributed by atoms with Crippen molar-refractivity contribution in [3.05, 3.63) is 17.0 Å². The van der Waals surface area contributed by atoms with E-state index in [-0.39, 0.29) is 5.91 Å². The van der Waals surface area contributed by atoms with Gasteiger partial charge in [0, 0.05) is 31.1 Å². The van der Waals surface area contributed by atoms with Crippen LogP contribution in [0.2, 0.25) is 0 Å². The molecule has 1 aliphatic carbocycles. The number of hydrogen-bond acceptors (Lipinski definition) is 4. The lowest BCUT2D eigenvalue weighted by Crippen LogP contribution is -2.37. The molecule has 2 heterocycles. The molecule has 1 amide bonds. The van der Waals surface area contributed by atoms with Crippen molar-refractivity contribution in [3.63, 3.8) is 0 Å². The molecule has 1 saturated carbocycles. The van der Waals surface area contributed by atoms with Gasteiger partial charge in [-0.1, -0.05) is 25.7 Å². The van der Waals surface area contributed by atoms with E-state index in [0.29, 0.717) is 29.8 Å². The van der Waals surface area contributed by atoms with Crippen LogP contribution < -0.4 is 0 Å². The summed E-state index contributed by atoms with van der Waals surface area (Å²) in [5, 5.41) is 0. The third kappa shape index (κ3) is 4.44. The summed E-state index contributed by atoms with van der Waals surface area (Å²) in [5.41, 5.74) is 0. The normalized spacial score (nSPS) is 20.5. The molecule has 7 heteroatoms. The molecule has 3 rings (SSSR count). The number of sulfonamides is 1. The Hall–Kier alpha value is -0.920. The summed E-state index contributed by atoms with van der Waals surface area (Å²) in [6.07, 6.45) is 9.25. The smallest absolute Gasteiger partial charge is 0.252 e. The molecule has 25 heavy (non-hydrogen) atoms. The number of amides is 1. The second-order valence-corrected chi connectivity index (χ2v) is 10.5. The molecule has 140 valence electrons. The lowest BCUT2D eigenvalue weighted by atomic mass is 10.1. The maximum Gasteiger partial charge on any atom is 0.252 e. The van der Waals surface area contributed by atoms with E-state index < -0.39 is 10.0 Å². The highest BCUT2D eigenvalue weighted by Crippen LogP contribution is 2.28. The molecule has 2 fully saturated rings. The zero-order valence-electron chi connectivity index (χ0n) is 14.9. The van der Waals surface area contributed by atoms with Crippen LogP contribution in [0.3, 0.4) is 0 Å². The van der Waals surface area contributed by atoms with Gasteiger partial charge in [-0.15, -0.1) is 11.3 Å². The van der Waals surface area contributed by atoms with Gasteiger partial charge < -0.3 is 4.90 Å². The number of carbonyl (C=O) groups is 1. The first-order chi connectivity index (χ1) is 12.0. The van der Waals surface area contributed by atoms with Gasteiger partial charge in [0.2, 0.25) is 5.91 Å². The van der Waals surface area contributed by atoms with E-state index in [2.05, 4.69) is 0 Å². The van der Waals surface area contributed by atoms with Gasteiger partial charge in [0.1, 0.15) is 4.21 Å². The Morgan fingerprint density at radius 3 is 2.40 bits per heavy atom. The summed E-state index contributed by atoms with van der Waals surface area (Å²) >= 11 is 1.25. The molecule has 5 nitrogen and oxygen atoms in total. The SMILES string of the molecule is CN(C(=O)Cc1ccc(S(=O)(=O)N2CCCC2)s1)C1CCCCCC1. The van der Waals surface area contributed by atoms with E-state index in [1.807, 2.05) is 11.9 Å². The number of likely N-dealkylation sites (N-methyl/N-ethyl adjacent to an activating group) is 1. The quantitative estimate of drug-likeness (QED) is 0.732. The molecule has 0 unspecified atom stereocenters. The van der Waals surface area contributed by atoms with Crippen molar-refractivity contribution in [2.75, 3.05) is 20.1 Å². The van der Waals surface area contributed by atoms with Crippen LogP contribution in [0.25, 0.3) is 0 Å². The van der Waals surface area contributed by atoms with Crippen LogP contribution >= 0.6 is 11.3 Å². The monoisotopic (exact) mass is 384 g/mol. The van der Waals surface area contributed by atoms with Gasteiger partial charge in [0.15, 0.2) is 0 Å². The second kappa shape index (κ2) is 8.18. The van der Waals surface area contributed by atoms with Crippen LogP contribution in [0, 0.1) is 0 Å². The molecule has 0 spiro atoms. The molecule has 0 bridgehead atoms. The van der Waals surface area contributed by atoms with E-state index in [1.165, 1.54) is 37.0 Å². The van der Waals surface area contributed by atoms with E-state index in [9.17, 15) is 13.2 Å². The Kier molecular flexibility index (Phi) is 6.17. The average molecular weight is 385 g/mol. The zero-order valence-corrected chi connectivity index (χ0v) is 16.6. The summed E-state index contributed by atoms with van der Waals surface area (Å²) in [5.74, 6) is 0.0962. The fraction of sp³-hybridized carbons (Fsp3) is 0.722. The van der Waals surface area contributed by atoms with Gasteiger partial charge >= 0.3 is 0 Å². The van der Waals surface area contributed by atoms with Crippen LogP contribution in [-0.2, 0) is 21.2 Å². The minimum Gasteiger partial charge on any atom is -0.342 e. The second-order valence-electron chi connectivity index (χ2n) is 7.16. The summed E-state index contributed by atoms with van der Waals surface area (Å²) in [6, 6.07) is 3.79. The minimum atomic E-state index is -3.37. The Labute approximate surface area is 155 Å². The Morgan fingerprint density at radius 1 is 1.12 bits per heavy atom.